The van der Waals surface area contributed by atoms with Gasteiger partial charge in [0.2, 0.25) is 0 Å². The molecule has 1 atom stereocenters. The highest BCUT2D eigenvalue weighted by molar-refractivity contribution is 5.85. The van der Waals surface area contributed by atoms with E-state index >= 15 is 0 Å². The van der Waals surface area contributed by atoms with Gasteiger partial charge >= 0.3 is 0 Å². The molecule has 2 aliphatic carbocycles. The first-order chi connectivity index (χ1) is 16.9. The van der Waals surface area contributed by atoms with Gasteiger partial charge in [0, 0.05) is 5.41 Å². The van der Waals surface area contributed by atoms with Crippen molar-refractivity contribution in [1.82, 2.24) is 0 Å². The minimum Gasteiger partial charge on any atom is -0.0916 e. The van der Waals surface area contributed by atoms with E-state index < -0.39 is 0 Å². The largest absolute Gasteiger partial charge is 0.0916 e. The monoisotopic (exact) mass is 454 g/mol. The molecule has 4 aromatic carbocycles. The highest BCUT2D eigenvalue weighted by Gasteiger charge is 2.35. The molecule has 174 valence electrons. The van der Waals surface area contributed by atoms with E-state index in [9.17, 15) is 0 Å². The van der Waals surface area contributed by atoms with Crippen LogP contribution in [0.2, 0.25) is 0 Å². The number of benzene rings is 4. The molecule has 0 spiro atoms. The standard InChI is InChI=1S/C35H34/c1-6-7-8-23(3)24-10-11-27-19-28-18-25(12-15-29(28)32(27)20-24)26-13-16-31-30-14-9-22(2)17-33(30)35(4,5)34(31)21-26/h6-7,9-18,20-21,23H,8,19H2,1-5H3/b7-6-. The zero-order valence-electron chi connectivity index (χ0n) is 21.6. The van der Waals surface area contributed by atoms with Crippen LogP contribution in [-0.4, -0.2) is 0 Å². The van der Waals surface area contributed by atoms with E-state index in [0.29, 0.717) is 5.92 Å². The Morgan fingerprint density at radius 1 is 0.743 bits per heavy atom. The Morgan fingerprint density at radius 2 is 1.43 bits per heavy atom. The minimum atomic E-state index is 0.0275. The lowest BCUT2D eigenvalue weighted by atomic mass is 9.81. The number of fused-ring (bicyclic) bond motifs is 6. The summed E-state index contributed by atoms with van der Waals surface area (Å²) in [4.78, 5) is 0. The number of hydrogen-bond acceptors (Lipinski definition) is 0. The second-order valence-corrected chi connectivity index (χ2v) is 11.1. The number of allylic oxidation sites excluding steroid dienone is 2. The number of rotatable bonds is 4. The van der Waals surface area contributed by atoms with Gasteiger partial charge in [0.1, 0.15) is 0 Å². The van der Waals surface area contributed by atoms with Crippen LogP contribution in [0, 0.1) is 6.92 Å². The Hall–Kier alpha value is -3.38. The number of hydrogen-bond donors (Lipinski definition) is 0. The molecule has 0 nitrogen and oxygen atoms in total. The van der Waals surface area contributed by atoms with Gasteiger partial charge < -0.3 is 0 Å². The van der Waals surface area contributed by atoms with Crippen molar-refractivity contribution in [3.8, 4) is 33.4 Å². The summed E-state index contributed by atoms with van der Waals surface area (Å²) >= 11 is 0. The van der Waals surface area contributed by atoms with Crippen LogP contribution >= 0.6 is 0 Å². The summed E-state index contributed by atoms with van der Waals surface area (Å²) in [6.07, 6.45) is 6.55. The van der Waals surface area contributed by atoms with Crippen molar-refractivity contribution in [1.29, 1.82) is 0 Å². The summed E-state index contributed by atoms with van der Waals surface area (Å²) in [5.74, 6) is 0.544. The maximum Gasteiger partial charge on any atom is 0.0159 e. The van der Waals surface area contributed by atoms with E-state index in [1.807, 2.05) is 0 Å². The molecule has 0 saturated carbocycles. The molecular weight excluding hydrogens is 420 g/mol. The Balaban J connectivity index is 1.36. The quantitative estimate of drug-likeness (QED) is 0.237. The van der Waals surface area contributed by atoms with Crippen LogP contribution in [0.15, 0.2) is 84.9 Å². The van der Waals surface area contributed by atoms with Crippen molar-refractivity contribution < 1.29 is 0 Å². The second-order valence-electron chi connectivity index (χ2n) is 11.1. The molecule has 0 N–H and O–H groups in total. The van der Waals surface area contributed by atoms with Crippen molar-refractivity contribution in [2.45, 2.75) is 58.8 Å². The first-order valence-corrected chi connectivity index (χ1v) is 13.0. The maximum atomic E-state index is 2.44. The third kappa shape index (κ3) is 3.50. The van der Waals surface area contributed by atoms with E-state index in [4.69, 9.17) is 0 Å². The Morgan fingerprint density at radius 3 is 2.20 bits per heavy atom. The van der Waals surface area contributed by atoms with Crippen LogP contribution in [0.4, 0.5) is 0 Å². The van der Waals surface area contributed by atoms with Crippen molar-refractivity contribution in [2.24, 2.45) is 0 Å². The van der Waals surface area contributed by atoms with Crippen LogP contribution < -0.4 is 0 Å². The average Bonchev–Trinajstić information content (AvgIpc) is 3.33. The summed E-state index contributed by atoms with van der Waals surface area (Å²) in [7, 11) is 0. The Kier molecular flexibility index (Phi) is 5.11. The van der Waals surface area contributed by atoms with Gasteiger partial charge in [-0.2, -0.15) is 0 Å². The van der Waals surface area contributed by atoms with Gasteiger partial charge in [0.25, 0.3) is 0 Å². The highest BCUT2D eigenvalue weighted by Crippen LogP contribution is 2.50. The molecule has 4 aromatic rings. The minimum absolute atomic E-state index is 0.0275. The molecule has 0 aromatic heterocycles. The SMILES string of the molecule is C/C=C\CC(C)c1ccc2c(c1)-c1ccc(-c3ccc4c(c3)C(C)(C)c3cc(C)ccc3-4)cc1C2. The first kappa shape index (κ1) is 22.1. The molecular formula is C35H34. The van der Waals surface area contributed by atoms with E-state index in [1.54, 1.807) is 0 Å². The first-order valence-electron chi connectivity index (χ1n) is 13.0. The van der Waals surface area contributed by atoms with Crippen molar-refractivity contribution in [2.75, 3.05) is 0 Å². The van der Waals surface area contributed by atoms with Gasteiger partial charge in [0.05, 0.1) is 0 Å². The lowest BCUT2D eigenvalue weighted by Crippen LogP contribution is -2.15. The molecule has 0 radical (unpaired) electrons. The smallest absolute Gasteiger partial charge is 0.0159 e. The predicted molar refractivity (Wildman–Crippen MR) is 150 cm³/mol. The zero-order chi connectivity index (χ0) is 24.3. The van der Waals surface area contributed by atoms with Gasteiger partial charge in [0.15, 0.2) is 0 Å². The molecule has 0 saturated heterocycles. The van der Waals surface area contributed by atoms with Gasteiger partial charge in [-0.3, -0.25) is 0 Å². The fourth-order valence-corrected chi connectivity index (χ4v) is 6.20. The molecule has 2 aliphatic rings. The molecule has 0 heterocycles. The molecule has 0 fully saturated rings. The van der Waals surface area contributed by atoms with Crippen LogP contribution in [-0.2, 0) is 11.8 Å². The molecule has 0 amide bonds. The zero-order valence-corrected chi connectivity index (χ0v) is 21.6. The van der Waals surface area contributed by atoms with Gasteiger partial charge in [-0.05, 0) is 99.9 Å². The summed E-state index contributed by atoms with van der Waals surface area (Å²) < 4.78 is 0. The Bertz CT molecular complexity index is 1490. The van der Waals surface area contributed by atoms with Crippen LogP contribution in [0.3, 0.4) is 0 Å². The van der Waals surface area contributed by atoms with Crippen LogP contribution in [0.25, 0.3) is 33.4 Å². The topological polar surface area (TPSA) is 0 Å². The van der Waals surface area contributed by atoms with Crippen LogP contribution in [0.1, 0.15) is 73.4 Å². The van der Waals surface area contributed by atoms with E-state index in [0.717, 1.165) is 12.8 Å². The van der Waals surface area contributed by atoms with Crippen molar-refractivity contribution in [3.05, 3.63) is 118 Å². The molecule has 0 aliphatic heterocycles. The lowest BCUT2D eigenvalue weighted by molar-refractivity contribution is 0.660. The summed E-state index contributed by atoms with van der Waals surface area (Å²) in [6.45, 7) is 11.4. The third-order valence-corrected chi connectivity index (χ3v) is 8.37. The van der Waals surface area contributed by atoms with E-state index in [-0.39, 0.29) is 5.41 Å². The summed E-state index contributed by atoms with van der Waals surface area (Å²) in [5.41, 5.74) is 16.9. The van der Waals surface area contributed by atoms with Gasteiger partial charge in [-0.15, -0.1) is 0 Å². The molecule has 0 heteroatoms. The lowest BCUT2D eigenvalue weighted by Gasteiger charge is -2.22. The number of aryl methyl sites for hydroxylation is 1. The Labute approximate surface area is 210 Å². The molecule has 1 unspecified atom stereocenters. The van der Waals surface area contributed by atoms with Crippen LogP contribution in [0.5, 0.6) is 0 Å². The highest BCUT2D eigenvalue weighted by atomic mass is 14.4. The van der Waals surface area contributed by atoms with Gasteiger partial charge in [-0.1, -0.05) is 105 Å². The van der Waals surface area contributed by atoms with Crippen molar-refractivity contribution >= 4 is 0 Å². The average molecular weight is 455 g/mol. The summed E-state index contributed by atoms with van der Waals surface area (Å²) in [5, 5.41) is 0. The second kappa shape index (κ2) is 8.09. The molecule has 0 bridgehead atoms. The third-order valence-electron chi connectivity index (χ3n) is 8.37. The normalized spacial score (nSPS) is 15.6. The van der Waals surface area contributed by atoms with Gasteiger partial charge in [-0.25, -0.2) is 0 Å². The predicted octanol–water partition coefficient (Wildman–Crippen LogP) is 9.61. The van der Waals surface area contributed by atoms with E-state index in [2.05, 4.69) is 120 Å². The fraction of sp³-hybridized carbons (Fsp3) is 0.257. The van der Waals surface area contributed by atoms with Crippen molar-refractivity contribution in [3.63, 3.8) is 0 Å². The van der Waals surface area contributed by atoms with E-state index in [1.165, 1.54) is 66.8 Å². The summed E-state index contributed by atoms with van der Waals surface area (Å²) in [6, 6.07) is 28.2. The molecule has 6 rings (SSSR count). The fourth-order valence-electron chi connectivity index (χ4n) is 6.20. The molecule has 35 heavy (non-hydrogen) atoms. The maximum absolute atomic E-state index is 2.44.